The second-order valence-electron chi connectivity index (χ2n) is 10.9. The summed E-state index contributed by atoms with van der Waals surface area (Å²) >= 11 is 0. The van der Waals surface area contributed by atoms with E-state index < -0.39 is 34.3 Å². The normalized spacial score (nSPS) is 11.7. The van der Waals surface area contributed by atoms with E-state index in [1.807, 2.05) is 67.6 Å². The lowest BCUT2D eigenvalue weighted by molar-refractivity contribution is -0.140. The molecule has 0 fully saturated rings. The van der Waals surface area contributed by atoms with Crippen molar-refractivity contribution in [3.8, 4) is 11.5 Å². The number of hydrogen-bond acceptors (Lipinski definition) is 6. The maximum atomic E-state index is 14.5. The molecule has 0 unspecified atom stereocenters. The van der Waals surface area contributed by atoms with Crippen LogP contribution < -0.4 is 19.1 Å². The van der Waals surface area contributed by atoms with Gasteiger partial charge < -0.3 is 19.7 Å². The van der Waals surface area contributed by atoms with E-state index in [4.69, 9.17) is 9.47 Å². The summed E-state index contributed by atoms with van der Waals surface area (Å²) in [6, 6.07) is 26.5. The van der Waals surface area contributed by atoms with Gasteiger partial charge in [-0.25, -0.2) is 12.8 Å². The fourth-order valence-corrected chi connectivity index (χ4v) is 6.51. The number of halogens is 1. The minimum absolute atomic E-state index is 0.0477. The van der Waals surface area contributed by atoms with E-state index in [0.29, 0.717) is 12.3 Å². The number of hydrogen-bond donors (Lipinski definition) is 1. The summed E-state index contributed by atoms with van der Waals surface area (Å²) in [6.07, 6.45) is 1.84. The Balaban J connectivity index is 1.79. The first kappa shape index (κ1) is 35.0. The zero-order chi connectivity index (χ0) is 33.8. The Morgan fingerprint density at radius 1 is 0.830 bits per heavy atom. The molecule has 0 saturated heterocycles. The molecule has 4 rings (SSSR count). The van der Waals surface area contributed by atoms with Crippen LogP contribution in [0.15, 0.2) is 108 Å². The maximum absolute atomic E-state index is 14.5. The summed E-state index contributed by atoms with van der Waals surface area (Å²) < 4.78 is 54.0. The Kier molecular flexibility index (Phi) is 12.3. The molecule has 2 amide bonds. The Morgan fingerprint density at radius 2 is 1.45 bits per heavy atom. The quantitative estimate of drug-likeness (QED) is 0.157. The van der Waals surface area contributed by atoms with Crippen LogP contribution in [0.5, 0.6) is 11.5 Å². The zero-order valence-corrected chi connectivity index (χ0v) is 27.6. The molecule has 11 heteroatoms. The van der Waals surface area contributed by atoms with Gasteiger partial charge in [-0.05, 0) is 53.9 Å². The molecule has 0 bridgehead atoms. The highest BCUT2D eigenvalue weighted by Gasteiger charge is 2.35. The first-order valence-electron chi connectivity index (χ1n) is 15.3. The number of nitrogens with zero attached hydrogens (tertiary/aromatic N) is 2. The van der Waals surface area contributed by atoms with Crippen molar-refractivity contribution in [2.24, 2.45) is 0 Å². The Hall–Kier alpha value is -4.90. The van der Waals surface area contributed by atoms with Gasteiger partial charge in [-0.15, -0.1) is 0 Å². The van der Waals surface area contributed by atoms with Crippen molar-refractivity contribution in [1.82, 2.24) is 10.2 Å². The van der Waals surface area contributed by atoms with E-state index in [9.17, 15) is 22.4 Å². The largest absolute Gasteiger partial charge is 0.493 e. The Labute approximate surface area is 276 Å². The first-order chi connectivity index (χ1) is 22.7. The first-order valence-corrected chi connectivity index (χ1v) is 16.8. The van der Waals surface area contributed by atoms with Crippen LogP contribution in [-0.2, 0) is 32.6 Å². The number of unbranched alkanes of at least 4 members (excludes halogenated alkanes) is 1. The van der Waals surface area contributed by atoms with E-state index in [1.54, 1.807) is 0 Å². The van der Waals surface area contributed by atoms with Crippen LogP contribution in [0, 0.1) is 5.82 Å². The number of sulfonamides is 1. The lowest BCUT2D eigenvalue weighted by Gasteiger charge is -2.34. The van der Waals surface area contributed by atoms with Crippen LogP contribution in [0.25, 0.3) is 0 Å². The monoisotopic (exact) mass is 661 g/mol. The molecule has 0 radical (unpaired) electrons. The van der Waals surface area contributed by atoms with E-state index in [2.05, 4.69) is 5.32 Å². The van der Waals surface area contributed by atoms with Gasteiger partial charge in [0.1, 0.15) is 18.4 Å². The van der Waals surface area contributed by atoms with Crippen molar-refractivity contribution in [3.05, 3.63) is 120 Å². The molecule has 1 N–H and O–H groups in total. The number of rotatable bonds is 16. The Bertz CT molecular complexity index is 1720. The lowest BCUT2D eigenvalue weighted by atomic mass is 10.0. The van der Waals surface area contributed by atoms with Gasteiger partial charge in [0.15, 0.2) is 11.5 Å². The van der Waals surface area contributed by atoms with Crippen molar-refractivity contribution in [2.45, 2.75) is 43.7 Å². The number of anilines is 1. The van der Waals surface area contributed by atoms with Crippen molar-refractivity contribution in [1.29, 1.82) is 0 Å². The van der Waals surface area contributed by atoms with Gasteiger partial charge in [0.25, 0.3) is 10.0 Å². The fraction of sp³-hybridized carbons (Fsp3) is 0.278. The minimum atomic E-state index is -4.42. The van der Waals surface area contributed by atoms with Crippen LogP contribution in [0.2, 0.25) is 0 Å². The van der Waals surface area contributed by atoms with E-state index in [0.717, 1.165) is 40.4 Å². The second-order valence-corrected chi connectivity index (χ2v) is 12.7. The highest BCUT2D eigenvalue weighted by atomic mass is 32.2. The molecule has 4 aromatic rings. The average Bonchev–Trinajstić information content (AvgIpc) is 3.09. The Morgan fingerprint density at radius 3 is 2.04 bits per heavy atom. The third-order valence-corrected chi connectivity index (χ3v) is 9.40. The molecule has 0 spiro atoms. The number of carbonyl (C=O) groups is 2. The van der Waals surface area contributed by atoms with Crippen molar-refractivity contribution >= 4 is 27.5 Å². The molecule has 9 nitrogen and oxygen atoms in total. The summed E-state index contributed by atoms with van der Waals surface area (Å²) in [5.74, 6) is -1.03. The molecule has 0 heterocycles. The number of ether oxygens (including phenoxy) is 2. The van der Waals surface area contributed by atoms with E-state index in [1.165, 1.54) is 49.5 Å². The van der Waals surface area contributed by atoms with Gasteiger partial charge in [0, 0.05) is 25.6 Å². The van der Waals surface area contributed by atoms with Crippen LogP contribution in [0.3, 0.4) is 0 Å². The summed E-state index contributed by atoms with van der Waals surface area (Å²) in [4.78, 5) is 29.5. The number of amides is 2. The van der Waals surface area contributed by atoms with Gasteiger partial charge in [-0.1, -0.05) is 74.0 Å². The predicted molar refractivity (Wildman–Crippen MR) is 179 cm³/mol. The van der Waals surface area contributed by atoms with Gasteiger partial charge >= 0.3 is 0 Å². The van der Waals surface area contributed by atoms with Gasteiger partial charge in [0.05, 0.1) is 24.8 Å². The molecule has 0 aromatic heterocycles. The summed E-state index contributed by atoms with van der Waals surface area (Å²) in [5.41, 5.74) is 1.67. The summed E-state index contributed by atoms with van der Waals surface area (Å²) in [5, 5.41) is 2.96. The fourth-order valence-electron chi connectivity index (χ4n) is 5.08. The number of nitrogens with one attached hydrogen (secondary N) is 1. The maximum Gasteiger partial charge on any atom is 0.264 e. The standard InChI is InChI=1S/C36H40FN3O6S/c1-4-5-22-38-36(42)32(23-27-12-8-6-9-13-27)39(25-28-14-10-7-11-15-28)35(41)26-40(30-18-16-29(37)17-19-30)47(43,44)31-20-21-33(45-2)34(24-31)46-3/h6-21,24,32H,4-5,22-23,25-26H2,1-3H3,(H,38,42)/t32-/m1/s1. The van der Waals surface area contributed by atoms with Crippen LogP contribution in [-0.4, -0.2) is 58.5 Å². The van der Waals surface area contributed by atoms with Crippen LogP contribution >= 0.6 is 0 Å². The molecule has 47 heavy (non-hydrogen) atoms. The van der Waals surface area contributed by atoms with E-state index in [-0.39, 0.29) is 35.2 Å². The van der Waals surface area contributed by atoms with Gasteiger partial charge in [-0.3, -0.25) is 13.9 Å². The van der Waals surface area contributed by atoms with Crippen LogP contribution in [0.1, 0.15) is 30.9 Å². The molecule has 0 aliphatic rings. The van der Waals surface area contributed by atoms with Crippen molar-refractivity contribution in [3.63, 3.8) is 0 Å². The average molecular weight is 662 g/mol. The van der Waals surface area contributed by atoms with Crippen molar-refractivity contribution in [2.75, 3.05) is 31.6 Å². The van der Waals surface area contributed by atoms with E-state index >= 15 is 0 Å². The van der Waals surface area contributed by atoms with Gasteiger partial charge in [0.2, 0.25) is 11.8 Å². The topological polar surface area (TPSA) is 105 Å². The minimum Gasteiger partial charge on any atom is -0.493 e. The molecular formula is C36H40FN3O6S. The highest BCUT2D eigenvalue weighted by Crippen LogP contribution is 2.32. The summed E-state index contributed by atoms with van der Waals surface area (Å²) in [7, 11) is -1.61. The lowest BCUT2D eigenvalue weighted by Crippen LogP contribution is -2.53. The highest BCUT2D eigenvalue weighted by molar-refractivity contribution is 7.92. The molecule has 0 aliphatic heterocycles. The SMILES string of the molecule is CCCCNC(=O)[C@@H](Cc1ccccc1)N(Cc1ccccc1)C(=O)CN(c1ccc(F)cc1)S(=O)(=O)c1ccc(OC)c(OC)c1. The zero-order valence-electron chi connectivity index (χ0n) is 26.8. The van der Waals surface area contributed by atoms with Gasteiger partial charge in [-0.2, -0.15) is 0 Å². The molecule has 4 aromatic carbocycles. The number of benzene rings is 4. The molecule has 248 valence electrons. The molecule has 0 aliphatic carbocycles. The molecule has 0 saturated carbocycles. The third-order valence-electron chi connectivity index (χ3n) is 7.63. The number of carbonyl (C=O) groups excluding carboxylic acids is 2. The van der Waals surface area contributed by atoms with Crippen molar-refractivity contribution < 1.29 is 31.9 Å². The summed E-state index contributed by atoms with van der Waals surface area (Å²) in [6.45, 7) is 1.83. The smallest absolute Gasteiger partial charge is 0.264 e. The second kappa shape index (κ2) is 16.6. The number of methoxy groups -OCH3 is 2. The van der Waals surface area contributed by atoms with Crippen LogP contribution in [0.4, 0.5) is 10.1 Å². The predicted octanol–water partition coefficient (Wildman–Crippen LogP) is 5.59. The third kappa shape index (κ3) is 9.10. The molecular weight excluding hydrogens is 621 g/mol. The molecule has 1 atom stereocenters.